The normalized spacial score (nSPS) is 28.1. The topological polar surface area (TPSA) is 18.5 Å². The lowest BCUT2D eigenvalue weighted by atomic mass is 9.93. The third-order valence-electron chi connectivity index (χ3n) is 4.21. The van der Waals surface area contributed by atoms with Gasteiger partial charge in [0.2, 0.25) is 0 Å². The maximum atomic E-state index is 3.31. The van der Waals surface area contributed by atoms with E-state index in [4.69, 9.17) is 0 Å². The second kappa shape index (κ2) is 5.68. The summed E-state index contributed by atoms with van der Waals surface area (Å²) in [5.41, 5.74) is 0.397. The maximum Gasteiger partial charge on any atom is 0.0235 e. The lowest BCUT2D eigenvalue weighted by molar-refractivity contribution is 0.184. The zero-order valence-electron chi connectivity index (χ0n) is 11.8. The highest BCUT2D eigenvalue weighted by molar-refractivity contribution is 4.88. The molecule has 0 bridgehead atoms. The van der Waals surface area contributed by atoms with E-state index in [0.717, 1.165) is 12.6 Å². The fourth-order valence-electron chi connectivity index (χ4n) is 3.50. The molecule has 1 unspecified atom stereocenters. The Bertz CT molecular complexity index is 234. The number of rotatable bonds is 5. The number of nitrogens with one attached hydrogen (secondary N) is 1. The summed E-state index contributed by atoms with van der Waals surface area (Å²) in [6.45, 7) is 12.4. The van der Waals surface area contributed by atoms with E-state index in [1.54, 1.807) is 0 Å². The fourth-order valence-corrected chi connectivity index (χ4v) is 3.50. The molecular weight excluding hydrogens is 210 g/mol. The van der Waals surface area contributed by atoms with E-state index in [2.05, 4.69) is 36.0 Å². The molecule has 3 heteroatoms. The second-order valence-corrected chi connectivity index (χ2v) is 6.62. The predicted molar refractivity (Wildman–Crippen MR) is 73.4 cm³/mol. The van der Waals surface area contributed by atoms with Crippen LogP contribution in [0.5, 0.6) is 0 Å². The van der Waals surface area contributed by atoms with Crippen LogP contribution in [0.4, 0.5) is 0 Å². The molecule has 2 aliphatic heterocycles. The fraction of sp³-hybridized carbons (Fsp3) is 1.00. The molecule has 0 spiro atoms. The molecule has 0 aromatic rings. The Labute approximate surface area is 107 Å². The van der Waals surface area contributed by atoms with Crippen LogP contribution in [0.3, 0.4) is 0 Å². The summed E-state index contributed by atoms with van der Waals surface area (Å²) in [4.78, 5) is 5.38. The van der Waals surface area contributed by atoms with Crippen molar-refractivity contribution in [2.24, 2.45) is 5.41 Å². The first-order chi connectivity index (χ1) is 8.11. The summed E-state index contributed by atoms with van der Waals surface area (Å²) < 4.78 is 0. The molecule has 3 nitrogen and oxygen atoms in total. The summed E-state index contributed by atoms with van der Waals surface area (Å²) in [5, 5.41) is 3.31. The van der Waals surface area contributed by atoms with Crippen molar-refractivity contribution in [3.05, 3.63) is 0 Å². The molecule has 100 valence electrons. The van der Waals surface area contributed by atoms with Crippen molar-refractivity contribution in [3.8, 4) is 0 Å². The van der Waals surface area contributed by atoms with Crippen molar-refractivity contribution < 1.29 is 0 Å². The van der Waals surface area contributed by atoms with Crippen molar-refractivity contribution >= 4 is 0 Å². The summed E-state index contributed by atoms with van der Waals surface area (Å²) in [6.07, 6.45) is 4.22. The van der Waals surface area contributed by atoms with Crippen LogP contribution in [-0.2, 0) is 0 Å². The maximum absolute atomic E-state index is 3.31. The van der Waals surface area contributed by atoms with E-state index in [1.807, 2.05) is 0 Å². The molecule has 2 fully saturated rings. The van der Waals surface area contributed by atoms with Crippen LogP contribution >= 0.6 is 0 Å². The summed E-state index contributed by atoms with van der Waals surface area (Å²) >= 11 is 0. The van der Waals surface area contributed by atoms with Crippen LogP contribution in [-0.4, -0.2) is 62.2 Å². The highest BCUT2D eigenvalue weighted by Crippen LogP contribution is 2.24. The molecule has 2 heterocycles. The van der Waals surface area contributed by atoms with Gasteiger partial charge in [-0.1, -0.05) is 13.8 Å². The summed E-state index contributed by atoms with van der Waals surface area (Å²) in [6, 6.07) is 0.850. The second-order valence-electron chi connectivity index (χ2n) is 6.62. The van der Waals surface area contributed by atoms with Gasteiger partial charge < -0.3 is 10.2 Å². The molecule has 2 rings (SSSR count). The van der Waals surface area contributed by atoms with Crippen molar-refractivity contribution in [2.75, 3.05) is 46.3 Å². The van der Waals surface area contributed by atoms with Gasteiger partial charge in [0, 0.05) is 25.7 Å². The number of likely N-dealkylation sites (tertiary alicyclic amines) is 2. The minimum Gasteiger partial charge on any atom is -0.319 e. The lowest BCUT2D eigenvalue weighted by Gasteiger charge is -2.31. The zero-order valence-corrected chi connectivity index (χ0v) is 11.8. The number of nitrogens with zero attached hydrogens (tertiary/aromatic N) is 2. The van der Waals surface area contributed by atoms with Crippen molar-refractivity contribution in [1.29, 1.82) is 0 Å². The van der Waals surface area contributed by atoms with E-state index < -0.39 is 0 Å². The van der Waals surface area contributed by atoms with Crippen molar-refractivity contribution in [1.82, 2.24) is 15.1 Å². The van der Waals surface area contributed by atoms with Crippen LogP contribution in [0.1, 0.15) is 33.1 Å². The Balaban J connectivity index is 1.77. The Hall–Kier alpha value is -0.120. The van der Waals surface area contributed by atoms with Gasteiger partial charge in [-0.3, -0.25) is 4.90 Å². The van der Waals surface area contributed by atoms with Crippen LogP contribution in [0.15, 0.2) is 0 Å². The highest BCUT2D eigenvalue weighted by atomic mass is 15.3. The minimum absolute atomic E-state index is 0.397. The van der Waals surface area contributed by atoms with E-state index in [1.165, 1.54) is 52.0 Å². The van der Waals surface area contributed by atoms with E-state index in [0.29, 0.717) is 5.41 Å². The summed E-state index contributed by atoms with van der Waals surface area (Å²) in [5.74, 6) is 0. The Morgan fingerprint density at radius 2 is 1.88 bits per heavy atom. The predicted octanol–water partition coefficient (Wildman–Crippen LogP) is 1.40. The monoisotopic (exact) mass is 239 g/mol. The SMILES string of the molecule is CNCC(C)(C)CN1CCC(N2CCCC2)C1. The molecule has 1 atom stereocenters. The minimum atomic E-state index is 0.397. The average molecular weight is 239 g/mol. The molecule has 0 aromatic carbocycles. The van der Waals surface area contributed by atoms with Crippen molar-refractivity contribution in [2.45, 2.75) is 39.2 Å². The smallest absolute Gasteiger partial charge is 0.0235 e. The third-order valence-corrected chi connectivity index (χ3v) is 4.21. The lowest BCUT2D eigenvalue weighted by Crippen LogP contribution is -2.41. The first kappa shape index (κ1) is 13.3. The van der Waals surface area contributed by atoms with Gasteiger partial charge in [-0.05, 0) is 51.4 Å². The Morgan fingerprint density at radius 1 is 1.18 bits per heavy atom. The molecule has 0 saturated carbocycles. The standard InChI is InChI=1S/C14H29N3/c1-14(2,11-15-3)12-16-9-6-13(10-16)17-7-4-5-8-17/h13,15H,4-12H2,1-3H3. The molecule has 1 N–H and O–H groups in total. The third kappa shape index (κ3) is 3.67. The van der Waals surface area contributed by atoms with Crippen LogP contribution in [0.25, 0.3) is 0 Å². The van der Waals surface area contributed by atoms with E-state index in [9.17, 15) is 0 Å². The van der Waals surface area contributed by atoms with Gasteiger partial charge >= 0.3 is 0 Å². The van der Waals surface area contributed by atoms with E-state index in [-0.39, 0.29) is 0 Å². The van der Waals surface area contributed by atoms with Crippen LogP contribution in [0.2, 0.25) is 0 Å². The quantitative estimate of drug-likeness (QED) is 0.782. The molecule has 0 aromatic heterocycles. The molecule has 2 aliphatic rings. The van der Waals surface area contributed by atoms with Crippen LogP contribution < -0.4 is 5.32 Å². The van der Waals surface area contributed by atoms with Crippen molar-refractivity contribution in [3.63, 3.8) is 0 Å². The van der Waals surface area contributed by atoms with Gasteiger partial charge in [0.15, 0.2) is 0 Å². The van der Waals surface area contributed by atoms with Gasteiger partial charge in [0.05, 0.1) is 0 Å². The average Bonchev–Trinajstić information content (AvgIpc) is 2.85. The first-order valence-corrected chi connectivity index (χ1v) is 7.22. The Kier molecular flexibility index (Phi) is 4.45. The van der Waals surface area contributed by atoms with E-state index >= 15 is 0 Å². The summed E-state index contributed by atoms with van der Waals surface area (Å²) in [7, 11) is 2.05. The van der Waals surface area contributed by atoms with Gasteiger partial charge in [0.1, 0.15) is 0 Å². The first-order valence-electron chi connectivity index (χ1n) is 7.22. The zero-order chi connectivity index (χ0) is 12.3. The molecule has 2 saturated heterocycles. The molecule has 0 radical (unpaired) electrons. The van der Waals surface area contributed by atoms with Gasteiger partial charge in [-0.25, -0.2) is 0 Å². The Morgan fingerprint density at radius 3 is 2.53 bits per heavy atom. The molecule has 0 aliphatic carbocycles. The number of hydrogen-bond donors (Lipinski definition) is 1. The van der Waals surface area contributed by atoms with Gasteiger partial charge in [-0.2, -0.15) is 0 Å². The highest BCUT2D eigenvalue weighted by Gasteiger charge is 2.31. The van der Waals surface area contributed by atoms with Crippen LogP contribution in [0, 0.1) is 5.41 Å². The molecule has 0 amide bonds. The molecular formula is C14H29N3. The molecule has 17 heavy (non-hydrogen) atoms. The number of hydrogen-bond acceptors (Lipinski definition) is 3. The van der Waals surface area contributed by atoms with Gasteiger partial charge in [0.25, 0.3) is 0 Å². The largest absolute Gasteiger partial charge is 0.319 e. The van der Waals surface area contributed by atoms with Gasteiger partial charge in [-0.15, -0.1) is 0 Å².